The second-order valence-electron chi connectivity index (χ2n) is 6.56. The molecule has 0 fully saturated rings. The zero-order chi connectivity index (χ0) is 20.5. The maximum Gasteiger partial charge on any atom is 0.234 e. The van der Waals surface area contributed by atoms with Crippen molar-refractivity contribution in [3.8, 4) is 0 Å². The number of carbonyl (C=O) groups excluding carboxylic acids is 2. The highest BCUT2D eigenvalue weighted by Gasteiger charge is 2.27. The van der Waals surface area contributed by atoms with Gasteiger partial charge in [-0.25, -0.2) is 8.42 Å². The van der Waals surface area contributed by atoms with Gasteiger partial charge in [0.15, 0.2) is 9.84 Å². The highest BCUT2D eigenvalue weighted by molar-refractivity contribution is 8.00. The molecule has 1 aliphatic rings. The van der Waals surface area contributed by atoms with Crippen LogP contribution >= 0.6 is 23.4 Å². The quantitative estimate of drug-likeness (QED) is 0.738. The molecule has 1 unspecified atom stereocenters. The largest absolute Gasteiger partial charge is 0.326 e. The Labute approximate surface area is 173 Å². The number of amides is 2. The van der Waals surface area contributed by atoms with Crippen LogP contribution in [0.4, 0.5) is 11.4 Å². The number of anilines is 2. The van der Waals surface area contributed by atoms with E-state index in [0.717, 1.165) is 10.5 Å². The molecular formula is C19H19ClN2O4S2. The van der Waals surface area contributed by atoms with Gasteiger partial charge in [0.25, 0.3) is 0 Å². The molecule has 1 aliphatic heterocycles. The smallest absolute Gasteiger partial charge is 0.234 e. The van der Waals surface area contributed by atoms with Crippen LogP contribution in [-0.2, 0) is 19.4 Å². The Balaban J connectivity index is 1.74. The predicted octanol–water partition coefficient (Wildman–Crippen LogP) is 3.88. The Morgan fingerprint density at radius 3 is 2.75 bits per heavy atom. The Hall–Kier alpha value is -2.03. The lowest BCUT2D eigenvalue weighted by Crippen LogP contribution is -2.26. The average Bonchev–Trinajstić information content (AvgIpc) is 2.63. The molecule has 0 aliphatic carbocycles. The van der Waals surface area contributed by atoms with Crippen molar-refractivity contribution in [2.75, 3.05) is 16.4 Å². The van der Waals surface area contributed by atoms with E-state index < -0.39 is 21.0 Å². The van der Waals surface area contributed by atoms with Gasteiger partial charge in [0, 0.05) is 22.0 Å². The van der Waals surface area contributed by atoms with Gasteiger partial charge in [0.05, 0.1) is 21.6 Å². The van der Waals surface area contributed by atoms with Gasteiger partial charge in [0.1, 0.15) is 0 Å². The van der Waals surface area contributed by atoms with E-state index >= 15 is 0 Å². The molecule has 0 saturated heterocycles. The number of sulfone groups is 1. The third-order valence-electron chi connectivity index (χ3n) is 4.38. The minimum atomic E-state index is -3.74. The van der Waals surface area contributed by atoms with E-state index in [0.29, 0.717) is 22.2 Å². The Morgan fingerprint density at radius 2 is 2.04 bits per heavy atom. The highest BCUT2D eigenvalue weighted by Crippen LogP contribution is 2.34. The van der Waals surface area contributed by atoms with Crippen LogP contribution < -0.4 is 10.6 Å². The fraction of sp³-hybridized carbons (Fsp3) is 0.263. The molecule has 2 aromatic carbocycles. The third kappa shape index (κ3) is 4.51. The number of hydrogen-bond donors (Lipinski definition) is 2. The molecule has 0 radical (unpaired) electrons. The van der Waals surface area contributed by atoms with E-state index in [1.165, 1.54) is 30.8 Å². The minimum Gasteiger partial charge on any atom is -0.326 e. The number of halogens is 1. The van der Waals surface area contributed by atoms with E-state index in [1.54, 1.807) is 31.2 Å². The van der Waals surface area contributed by atoms with Crippen molar-refractivity contribution in [1.29, 1.82) is 0 Å². The second kappa shape index (κ2) is 8.14. The predicted molar refractivity (Wildman–Crippen MR) is 112 cm³/mol. The fourth-order valence-electron chi connectivity index (χ4n) is 2.81. The molecule has 0 spiro atoms. The molecule has 0 aromatic heterocycles. The Kier molecular flexibility index (Phi) is 6.02. The van der Waals surface area contributed by atoms with E-state index in [9.17, 15) is 18.0 Å². The summed E-state index contributed by atoms with van der Waals surface area (Å²) in [7, 11) is -3.74. The summed E-state index contributed by atoms with van der Waals surface area (Å²) in [5, 5.41) is 5.04. The van der Waals surface area contributed by atoms with Crippen molar-refractivity contribution in [2.24, 2.45) is 0 Å². The normalized spacial score (nSPS) is 14.8. The zero-order valence-corrected chi connectivity index (χ0v) is 17.7. The molecule has 1 atom stereocenters. The van der Waals surface area contributed by atoms with Crippen molar-refractivity contribution >= 4 is 56.4 Å². The topological polar surface area (TPSA) is 92.3 Å². The van der Waals surface area contributed by atoms with Crippen LogP contribution in [0.3, 0.4) is 0 Å². The number of aryl methyl sites for hydroxylation is 1. The lowest BCUT2D eigenvalue weighted by molar-refractivity contribution is -0.116. The maximum absolute atomic E-state index is 12.9. The molecule has 28 heavy (non-hydrogen) atoms. The van der Waals surface area contributed by atoms with Crippen LogP contribution in [-0.4, -0.2) is 31.2 Å². The molecular weight excluding hydrogens is 420 g/mol. The fourth-order valence-corrected chi connectivity index (χ4v) is 5.20. The number of carbonyl (C=O) groups is 2. The molecule has 0 bridgehead atoms. The van der Waals surface area contributed by atoms with Crippen LogP contribution in [0, 0.1) is 6.92 Å². The van der Waals surface area contributed by atoms with Gasteiger partial charge < -0.3 is 10.6 Å². The second-order valence-corrected chi connectivity index (χ2v) is 10.4. The summed E-state index contributed by atoms with van der Waals surface area (Å²) in [6, 6.07) is 9.69. The summed E-state index contributed by atoms with van der Waals surface area (Å²) in [6.07, 6.45) is -0.192. The minimum absolute atomic E-state index is 0.0806. The summed E-state index contributed by atoms with van der Waals surface area (Å²) >= 11 is 7.26. The van der Waals surface area contributed by atoms with E-state index in [4.69, 9.17) is 11.6 Å². The maximum atomic E-state index is 12.9. The van der Waals surface area contributed by atoms with Crippen molar-refractivity contribution < 1.29 is 18.0 Å². The summed E-state index contributed by atoms with van der Waals surface area (Å²) in [5.74, 6) is -0.263. The van der Waals surface area contributed by atoms with E-state index in [2.05, 4.69) is 10.6 Å². The van der Waals surface area contributed by atoms with Gasteiger partial charge >= 0.3 is 0 Å². The van der Waals surface area contributed by atoms with Gasteiger partial charge in [-0.05, 0) is 55.8 Å². The van der Waals surface area contributed by atoms with Crippen LogP contribution in [0.25, 0.3) is 0 Å². The molecule has 0 saturated carbocycles. The third-order valence-corrected chi connectivity index (χ3v) is 7.82. The first-order chi connectivity index (χ1) is 13.2. The Morgan fingerprint density at radius 1 is 1.29 bits per heavy atom. The van der Waals surface area contributed by atoms with Gasteiger partial charge in [0.2, 0.25) is 11.8 Å². The standard InChI is InChI=1S/C19H19ClN2O4S2/c1-11-7-13(20)3-5-15(11)21-18(23)8-12(2)28(25,26)14-4-6-17-16(9-14)22-19(24)10-27-17/h3-7,9,12H,8,10H2,1-2H3,(H,21,23)(H,22,24). The lowest BCUT2D eigenvalue weighted by Gasteiger charge is -2.19. The van der Waals surface area contributed by atoms with Crippen molar-refractivity contribution in [3.63, 3.8) is 0 Å². The average molecular weight is 439 g/mol. The van der Waals surface area contributed by atoms with Crippen LogP contribution in [0.1, 0.15) is 18.9 Å². The van der Waals surface area contributed by atoms with Crippen molar-refractivity contribution in [2.45, 2.75) is 35.3 Å². The molecule has 2 aromatic rings. The Bertz CT molecular complexity index is 1050. The van der Waals surface area contributed by atoms with Crippen molar-refractivity contribution in [1.82, 2.24) is 0 Å². The first-order valence-corrected chi connectivity index (χ1v) is 11.4. The SMILES string of the molecule is Cc1cc(Cl)ccc1NC(=O)CC(C)S(=O)(=O)c1ccc2c(c1)NC(=O)CS2. The van der Waals surface area contributed by atoms with Crippen LogP contribution in [0.5, 0.6) is 0 Å². The number of thioether (sulfide) groups is 1. The lowest BCUT2D eigenvalue weighted by atomic mass is 10.2. The van der Waals surface area contributed by atoms with E-state index in [1.807, 2.05) is 0 Å². The first-order valence-electron chi connectivity index (χ1n) is 8.53. The summed E-state index contributed by atoms with van der Waals surface area (Å²) in [5.41, 5.74) is 1.86. The molecule has 2 amide bonds. The molecule has 6 nitrogen and oxygen atoms in total. The molecule has 9 heteroatoms. The number of fused-ring (bicyclic) bond motifs is 1. The molecule has 1 heterocycles. The summed E-state index contributed by atoms with van der Waals surface area (Å²) in [6.45, 7) is 3.30. The number of rotatable bonds is 5. The number of benzene rings is 2. The van der Waals surface area contributed by atoms with E-state index in [-0.39, 0.29) is 17.2 Å². The molecule has 148 valence electrons. The molecule has 2 N–H and O–H groups in total. The van der Waals surface area contributed by atoms with Gasteiger partial charge in [-0.3, -0.25) is 9.59 Å². The summed E-state index contributed by atoms with van der Waals surface area (Å²) < 4.78 is 25.8. The summed E-state index contributed by atoms with van der Waals surface area (Å²) in [4.78, 5) is 24.8. The van der Waals surface area contributed by atoms with Gasteiger partial charge in [-0.2, -0.15) is 0 Å². The van der Waals surface area contributed by atoms with Crippen LogP contribution in [0.15, 0.2) is 46.2 Å². The van der Waals surface area contributed by atoms with Gasteiger partial charge in [-0.1, -0.05) is 11.6 Å². The van der Waals surface area contributed by atoms with Gasteiger partial charge in [-0.15, -0.1) is 11.8 Å². The van der Waals surface area contributed by atoms with Crippen molar-refractivity contribution in [3.05, 3.63) is 47.0 Å². The monoisotopic (exact) mass is 438 g/mol. The molecule has 3 rings (SSSR count). The highest BCUT2D eigenvalue weighted by atomic mass is 35.5. The first kappa shape index (κ1) is 20.7. The zero-order valence-electron chi connectivity index (χ0n) is 15.3. The van der Waals surface area contributed by atoms with Crippen LogP contribution in [0.2, 0.25) is 5.02 Å². The number of hydrogen-bond acceptors (Lipinski definition) is 5. The number of nitrogens with one attached hydrogen (secondary N) is 2.